The van der Waals surface area contributed by atoms with Crippen LogP contribution in [0.5, 0.6) is 0 Å². The van der Waals surface area contributed by atoms with Crippen LogP contribution < -0.4 is 0 Å². The van der Waals surface area contributed by atoms with Crippen LogP contribution in [0.3, 0.4) is 0 Å². The third kappa shape index (κ3) is 16.6. The molecule has 0 spiro atoms. The molecule has 4 heteroatoms. The van der Waals surface area contributed by atoms with E-state index in [0.717, 1.165) is 32.2 Å². The van der Waals surface area contributed by atoms with Crippen LogP contribution in [0.25, 0.3) is 0 Å². The van der Waals surface area contributed by atoms with Gasteiger partial charge < -0.3 is 14.7 Å². The molecule has 0 saturated heterocycles. The molecule has 0 radical (unpaired) electrons. The highest BCUT2D eigenvalue weighted by atomic mass is 19.1. The maximum Gasteiger partial charge on any atom is 0.123 e. The van der Waals surface area contributed by atoms with Crippen LogP contribution in [0.1, 0.15) is 45.2 Å². The molecule has 0 saturated carbocycles. The highest BCUT2D eigenvalue weighted by molar-refractivity contribution is 5.16. The van der Waals surface area contributed by atoms with Crippen LogP contribution in [0.15, 0.2) is 67.3 Å². The van der Waals surface area contributed by atoms with Crippen LogP contribution in [0.4, 0.5) is 4.39 Å². The number of aliphatic hydroxyl groups excluding tert-OH is 1. The van der Waals surface area contributed by atoms with Crippen LogP contribution in [-0.4, -0.2) is 36.8 Å². The van der Waals surface area contributed by atoms with Crippen molar-refractivity contribution < 1.29 is 14.2 Å². The number of aliphatic hydroxyl groups is 1. The molecule has 29 heavy (non-hydrogen) atoms. The zero-order chi connectivity index (χ0) is 22.5. The van der Waals surface area contributed by atoms with Crippen LogP contribution in [0, 0.1) is 5.82 Å². The summed E-state index contributed by atoms with van der Waals surface area (Å²) in [5, 5.41) is 7.00. The summed E-state index contributed by atoms with van der Waals surface area (Å²) in [7, 11) is 3.05. The van der Waals surface area contributed by atoms with Crippen molar-refractivity contribution in [3.63, 3.8) is 0 Å². The summed E-state index contributed by atoms with van der Waals surface area (Å²) in [4.78, 5) is 2.19. The minimum atomic E-state index is -0.151. The van der Waals surface area contributed by atoms with Gasteiger partial charge >= 0.3 is 0 Å². The third-order valence-electron chi connectivity index (χ3n) is 3.63. The zero-order valence-corrected chi connectivity index (χ0v) is 19.1. The maximum atomic E-state index is 12.8. The molecule has 2 rings (SSSR count). The van der Waals surface area contributed by atoms with E-state index in [9.17, 15) is 4.39 Å². The largest absolute Gasteiger partial charge is 0.400 e. The van der Waals surface area contributed by atoms with Gasteiger partial charge in [-0.25, -0.2) is 4.39 Å². The van der Waals surface area contributed by atoms with Crippen LogP contribution in [-0.2, 0) is 17.9 Å². The second kappa shape index (κ2) is 20.7. The van der Waals surface area contributed by atoms with E-state index in [1.54, 1.807) is 18.2 Å². The predicted octanol–water partition coefficient (Wildman–Crippen LogP) is 6.08. The first-order valence-electron chi connectivity index (χ1n) is 10.2. The number of nitrogens with zero attached hydrogens (tertiary/aromatic N) is 1. The Labute approximate surface area is 177 Å². The van der Waals surface area contributed by atoms with Crippen molar-refractivity contribution in [2.24, 2.45) is 0 Å². The lowest BCUT2D eigenvalue weighted by Gasteiger charge is -2.15. The fourth-order valence-corrected chi connectivity index (χ4v) is 2.28. The molecule has 2 aromatic carbocycles. The van der Waals surface area contributed by atoms with Gasteiger partial charge in [-0.15, -0.1) is 6.58 Å². The van der Waals surface area contributed by atoms with E-state index >= 15 is 0 Å². The van der Waals surface area contributed by atoms with E-state index in [4.69, 9.17) is 9.84 Å². The number of ether oxygens (including phenoxy) is 1. The van der Waals surface area contributed by atoms with Crippen molar-refractivity contribution in [2.75, 3.05) is 20.7 Å². The fourth-order valence-electron chi connectivity index (χ4n) is 2.28. The average Bonchev–Trinajstić information content (AvgIpc) is 2.76. The highest BCUT2D eigenvalue weighted by Crippen LogP contribution is 2.06. The van der Waals surface area contributed by atoms with Crippen molar-refractivity contribution in [2.45, 2.75) is 53.4 Å². The second-order valence-electron chi connectivity index (χ2n) is 6.11. The minimum absolute atomic E-state index is 0.130. The molecule has 0 aliphatic rings. The molecule has 0 heterocycles. The lowest BCUT2D eigenvalue weighted by atomic mass is 10.2. The van der Waals surface area contributed by atoms with Gasteiger partial charge in [0.1, 0.15) is 5.82 Å². The van der Waals surface area contributed by atoms with E-state index in [2.05, 4.69) is 37.6 Å². The average molecular weight is 406 g/mol. The van der Waals surface area contributed by atoms with E-state index < -0.39 is 0 Å². The lowest BCUT2D eigenvalue weighted by molar-refractivity contribution is 0.0843. The van der Waals surface area contributed by atoms with Gasteiger partial charge in [-0.3, -0.25) is 0 Å². The molecule has 0 fully saturated rings. The maximum absolute atomic E-state index is 12.8. The van der Waals surface area contributed by atoms with Gasteiger partial charge in [0, 0.05) is 13.7 Å². The van der Waals surface area contributed by atoms with E-state index in [1.807, 2.05) is 45.0 Å². The molecule has 164 valence electrons. The summed E-state index contributed by atoms with van der Waals surface area (Å²) in [6, 6.07) is 16.9. The van der Waals surface area contributed by atoms with E-state index in [1.165, 1.54) is 11.6 Å². The molecule has 0 aliphatic heterocycles. The Kier molecular flexibility index (Phi) is 20.9. The van der Waals surface area contributed by atoms with E-state index in [0.29, 0.717) is 6.61 Å². The molecule has 0 amide bonds. The second-order valence-corrected chi connectivity index (χ2v) is 6.11. The predicted molar refractivity (Wildman–Crippen MR) is 123 cm³/mol. The SMILES string of the molecule is C=CC(C)OCc1ccccc1.CC.CCCN(C)Cc1cccc(F)c1.CO. The Hall–Kier alpha value is -2.01. The third-order valence-corrected chi connectivity index (χ3v) is 3.63. The van der Waals surface area contributed by atoms with Gasteiger partial charge in [0.2, 0.25) is 0 Å². The van der Waals surface area contributed by atoms with Crippen LogP contribution >= 0.6 is 0 Å². The number of halogens is 1. The Bertz CT molecular complexity index is 605. The number of rotatable bonds is 8. The molecular weight excluding hydrogens is 365 g/mol. The van der Waals surface area contributed by atoms with Gasteiger partial charge in [0.15, 0.2) is 0 Å². The summed E-state index contributed by atoms with van der Waals surface area (Å²) in [6.07, 6.45) is 3.06. The standard InChI is InChI=1S/C11H16FN.C11H14O.C2H6.CH4O/c1-3-7-13(2)9-10-5-4-6-11(12)8-10;1-3-10(2)12-9-11-7-5-4-6-8-11;2*1-2/h4-6,8H,3,7,9H2,1-2H3;3-8,10H,1,9H2,2H3;1-2H3;2H,1H3. The minimum Gasteiger partial charge on any atom is -0.400 e. The molecule has 0 aromatic heterocycles. The van der Waals surface area contributed by atoms with Crippen molar-refractivity contribution in [1.29, 1.82) is 0 Å². The first kappa shape index (κ1) is 29.2. The molecule has 3 nitrogen and oxygen atoms in total. The van der Waals surface area contributed by atoms with Gasteiger partial charge in [-0.1, -0.05) is 69.3 Å². The number of hydrogen-bond donors (Lipinski definition) is 1. The molecule has 1 atom stereocenters. The van der Waals surface area contributed by atoms with Crippen molar-refractivity contribution in [3.8, 4) is 0 Å². The monoisotopic (exact) mass is 405 g/mol. The normalized spacial score (nSPS) is 10.4. The first-order valence-corrected chi connectivity index (χ1v) is 10.2. The Morgan fingerprint density at radius 1 is 1.07 bits per heavy atom. The molecule has 1 N–H and O–H groups in total. The molecule has 0 aliphatic carbocycles. The summed E-state index contributed by atoms with van der Waals surface area (Å²) in [5.41, 5.74) is 2.24. The Morgan fingerprint density at radius 2 is 1.66 bits per heavy atom. The van der Waals surface area contributed by atoms with Gasteiger partial charge in [-0.2, -0.15) is 0 Å². The summed E-state index contributed by atoms with van der Waals surface area (Å²) >= 11 is 0. The van der Waals surface area contributed by atoms with Gasteiger partial charge in [0.25, 0.3) is 0 Å². The zero-order valence-electron chi connectivity index (χ0n) is 19.1. The van der Waals surface area contributed by atoms with Crippen molar-refractivity contribution in [1.82, 2.24) is 4.90 Å². The van der Waals surface area contributed by atoms with E-state index in [-0.39, 0.29) is 11.9 Å². The van der Waals surface area contributed by atoms with Crippen molar-refractivity contribution in [3.05, 3.63) is 84.2 Å². The van der Waals surface area contributed by atoms with Crippen molar-refractivity contribution >= 4 is 0 Å². The van der Waals surface area contributed by atoms with Gasteiger partial charge in [0.05, 0.1) is 12.7 Å². The molecule has 0 bridgehead atoms. The topological polar surface area (TPSA) is 32.7 Å². The van der Waals surface area contributed by atoms with Crippen LogP contribution in [0.2, 0.25) is 0 Å². The Morgan fingerprint density at radius 3 is 2.17 bits per heavy atom. The highest BCUT2D eigenvalue weighted by Gasteiger charge is 1.99. The first-order chi connectivity index (χ1) is 14.0. The summed E-state index contributed by atoms with van der Waals surface area (Å²) < 4.78 is 18.2. The van der Waals surface area contributed by atoms with Gasteiger partial charge in [-0.05, 0) is 50.2 Å². The quantitative estimate of drug-likeness (QED) is 0.540. The molecular formula is C25H40FNO2. The number of hydrogen-bond acceptors (Lipinski definition) is 3. The smallest absolute Gasteiger partial charge is 0.123 e. The Balaban J connectivity index is 0. The fraction of sp³-hybridized carbons (Fsp3) is 0.440. The summed E-state index contributed by atoms with van der Waals surface area (Å²) in [5.74, 6) is -0.151. The molecule has 1 unspecified atom stereocenters. The molecule has 2 aromatic rings. The number of benzene rings is 2. The summed E-state index contributed by atoms with van der Waals surface area (Å²) in [6.45, 7) is 14.3. The lowest BCUT2D eigenvalue weighted by Crippen LogP contribution is -2.18.